The zero-order chi connectivity index (χ0) is 14.4. The summed E-state index contributed by atoms with van der Waals surface area (Å²) in [6.07, 6.45) is -2.60. The number of aliphatic hydroxyl groups is 1. The normalized spacial score (nSPS) is 14.2. The Kier molecular flexibility index (Phi) is 5.96. The van der Waals surface area contributed by atoms with E-state index in [2.05, 4.69) is 18.6 Å². The second kappa shape index (κ2) is 7.24. The van der Waals surface area contributed by atoms with Crippen LogP contribution in [0.25, 0.3) is 0 Å². The molecule has 1 aromatic rings. The molecule has 0 saturated heterocycles. The van der Waals surface area contributed by atoms with E-state index in [1.165, 1.54) is 0 Å². The molecule has 1 rings (SSSR count). The van der Waals surface area contributed by atoms with E-state index in [9.17, 15) is 14.3 Å². The van der Waals surface area contributed by atoms with Crippen LogP contribution in [0.5, 0.6) is 0 Å². The van der Waals surface area contributed by atoms with E-state index in [4.69, 9.17) is 0 Å². The van der Waals surface area contributed by atoms with Gasteiger partial charge in [0.2, 0.25) is 6.17 Å². The van der Waals surface area contributed by atoms with Gasteiger partial charge in [0.15, 0.2) is 0 Å². The summed E-state index contributed by atoms with van der Waals surface area (Å²) in [6, 6.07) is 6.98. The van der Waals surface area contributed by atoms with Gasteiger partial charge in [-0.25, -0.2) is 9.18 Å². The molecule has 0 heterocycles. The molecule has 0 aromatic heterocycles. The number of aliphatic hydroxyl groups excluding tert-OH is 1. The maximum Gasteiger partial charge on any atom is 0.343 e. The molecular formula is C15H21FO3. The van der Waals surface area contributed by atoms with Gasteiger partial charge in [-0.2, -0.15) is 0 Å². The third-order valence-electron chi connectivity index (χ3n) is 2.75. The molecule has 0 aliphatic carbocycles. The molecule has 0 amide bonds. The number of rotatable bonds is 6. The minimum absolute atomic E-state index is 0.0965. The molecular weight excluding hydrogens is 247 g/mol. The molecule has 0 aliphatic rings. The van der Waals surface area contributed by atoms with Gasteiger partial charge in [-0.15, -0.1) is 0 Å². The summed E-state index contributed by atoms with van der Waals surface area (Å²) >= 11 is 0. The van der Waals surface area contributed by atoms with E-state index in [1.807, 2.05) is 12.1 Å². The van der Waals surface area contributed by atoms with Crippen molar-refractivity contribution >= 4 is 5.97 Å². The molecule has 0 radical (unpaired) electrons. The standard InChI is InChI=1S/C15H21FO3/c1-4-19-15(18)13(16)14(17)12-7-5-11(6-8-12)9-10(2)3/h5-8,10,13-14,17H,4,9H2,1-3H3. The molecule has 0 saturated carbocycles. The van der Waals surface area contributed by atoms with Crippen LogP contribution >= 0.6 is 0 Å². The molecule has 1 aromatic carbocycles. The van der Waals surface area contributed by atoms with Crippen LogP contribution in [0.15, 0.2) is 24.3 Å². The molecule has 0 aliphatic heterocycles. The Morgan fingerprint density at radius 1 is 1.32 bits per heavy atom. The minimum atomic E-state index is -2.05. The zero-order valence-corrected chi connectivity index (χ0v) is 11.6. The molecule has 4 heteroatoms. The van der Waals surface area contributed by atoms with Crippen LogP contribution in [-0.4, -0.2) is 23.9 Å². The number of hydrogen-bond donors (Lipinski definition) is 1. The third kappa shape index (κ3) is 4.63. The predicted octanol–water partition coefficient (Wildman–Crippen LogP) is 2.82. The zero-order valence-electron chi connectivity index (χ0n) is 11.6. The highest BCUT2D eigenvalue weighted by atomic mass is 19.1. The van der Waals surface area contributed by atoms with Gasteiger partial charge in [-0.05, 0) is 30.4 Å². The fourth-order valence-corrected chi connectivity index (χ4v) is 1.84. The van der Waals surface area contributed by atoms with Gasteiger partial charge in [0, 0.05) is 0 Å². The second-order valence-corrected chi connectivity index (χ2v) is 4.94. The number of hydrogen-bond acceptors (Lipinski definition) is 3. The lowest BCUT2D eigenvalue weighted by atomic mass is 9.99. The quantitative estimate of drug-likeness (QED) is 0.807. The Labute approximate surface area is 113 Å². The van der Waals surface area contributed by atoms with Crippen molar-refractivity contribution in [2.75, 3.05) is 6.61 Å². The van der Waals surface area contributed by atoms with E-state index in [0.717, 1.165) is 12.0 Å². The molecule has 2 unspecified atom stereocenters. The summed E-state index contributed by atoms with van der Waals surface area (Å²) in [6.45, 7) is 5.92. The molecule has 3 nitrogen and oxygen atoms in total. The van der Waals surface area contributed by atoms with Crippen LogP contribution in [0.3, 0.4) is 0 Å². The van der Waals surface area contributed by atoms with Gasteiger partial charge >= 0.3 is 5.97 Å². The Hall–Kier alpha value is -1.42. The van der Waals surface area contributed by atoms with Gasteiger partial charge in [-0.3, -0.25) is 0 Å². The van der Waals surface area contributed by atoms with Crippen molar-refractivity contribution in [3.63, 3.8) is 0 Å². The lowest BCUT2D eigenvalue weighted by Gasteiger charge is -2.15. The van der Waals surface area contributed by atoms with E-state index in [-0.39, 0.29) is 6.61 Å². The fourth-order valence-electron chi connectivity index (χ4n) is 1.84. The van der Waals surface area contributed by atoms with Gasteiger partial charge in [0.25, 0.3) is 0 Å². The summed E-state index contributed by atoms with van der Waals surface area (Å²) < 4.78 is 18.2. The highest BCUT2D eigenvalue weighted by Gasteiger charge is 2.28. The number of carbonyl (C=O) groups is 1. The molecule has 0 fully saturated rings. The average molecular weight is 268 g/mol. The Bertz CT molecular complexity index is 400. The van der Waals surface area contributed by atoms with Crippen LogP contribution in [0.1, 0.15) is 38.0 Å². The van der Waals surface area contributed by atoms with Crippen molar-refractivity contribution in [2.24, 2.45) is 5.92 Å². The molecule has 2 atom stereocenters. The number of ether oxygens (including phenoxy) is 1. The maximum atomic E-state index is 13.6. The SMILES string of the molecule is CCOC(=O)C(F)C(O)c1ccc(CC(C)C)cc1. The van der Waals surface area contributed by atoms with Crippen molar-refractivity contribution in [3.8, 4) is 0 Å². The molecule has 19 heavy (non-hydrogen) atoms. The van der Waals surface area contributed by atoms with Crippen LogP contribution in [0.2, 0.25) is 0 Å². The smallest absolute Gasteiger partial charge is 0.343 e. The summed E-state index contributed by atoms with van der Waals surface area (Å²) in [7, 11) is 0. The van der Waals surface area contributed by atoms with Crippen LogP contribution in [-0.2, 0) is 16.0 Å². The summed E-state index contributed by atoms with van der Waals surface area (Å²) in [5.41, 5.74) is 1.51. The second-order valence-electron chi connectivity index (χ2n) is 4.94. The highest BCUT2D eigenvalue weighted by molar-refractivity contribution is 5.75. The van der Waals surface area contributed by atoms with Gasteiger partial charge in [0.05, 0.1) is 6.61 Å². The number of carbonyl (C=O) groups excluding carboxylic acids is 1. The predicted molar refractivity (Wildman–Crippen MR) is 71.5 cm³/mol. The fraction of sp³-hybridized carbons (Fsp3) is 0.533. The summed E-state index contributed by atoms with van der Waals surface area (Å²) in [5.74, 6) is -0.495. The van der Waals surface area contributed by atoms with E-state index in [0.29, 0.717) is 11.5 Å². The first-order valence-corrected chi connectivity index (χ1v) is 6.53. The lowest BCUT2D eigenvalue weighted by molar-refractivity contribution is -0.153. The van der Waals surface area contributed by atoms with Crippen molar-refractivity contribution in [3.05, 3.63) is 35.4 Å². The first-order valence-electron chi connectivity index (χ1n) is 6.53. The molecule has 0 bridgehead atoms. The van der Waals surface area contributed by atoms with Gasteiger partial charge < -0.3 is 9.84 Å². The first kappa shape index (κ1) is 15.6. The average Bonchev–Trinajstić information content (AvgIpc) is 2.37. The van der Waals surface area contributed by atoms with Gasteiger partial charge in [0.1, 0.15) is 6.10 Å². The first-order chi connectivity index (χ1) is 8.95. The lowest BCUT2D eigenvalue weighted by Crippen LogP contribution is -2.26. The van der Waals surface area contributed by atoms with E-state index >= 15 is 0 Å². The number of halogens is 1. The maximum absolute atomic E-state index is 13.6. The topological polar surface area (TPSA) is 46.5 Å². The van der Waals surface area contributed by atoms with Crippen LogP contribution in [0, 0.1) is 5.92 Å². The van der Waals surface area contributed by atoms with Crippen LogP contribution < -0.4 is 0 Å². The Morgan fingerprint density at radius 3 is 2.37 bits per heavy atom. The summed E-state index contributed by atoms with van der Waals surface area (Å²) in [4.78, 5) is 11.2. The number of alkyl halides is 1. The number of benzene rings is 1. The van der Waals surface area contributed by atoms with E-state index in [1.54, 1.807) is 19.1 Å². The van der Waals surface area contributed by atoms with E-state index < -0.39 is 18.2 Å². The molecule has 106 valence electrons. The van der Waals surface area contributed by atoms with Gasteiger partial charge in [-0.1, -0.05) is 38.1 Å². The largest absolute Gasteiger partial charge is 0.464 e. The highest BCUT2D eigenvalue weighted by Crippen LogP contribution is 2.21. The summed E-state index contributed by atoms with van der Waals surface area (Å²) in [5, 5.41) is 9.78. The molecule has 0 spiro atoms. The van der Waals surface area contributed by atoms with Crippen molar-refractivity contribution in [2.45, 2.75) is 39.5 Å². The van der Waals surface area contributed by atoms with Crippen molar-refractivity contribution < 1.29 is 19.0 Å². The molecule has 1 N–H and O–H groups in total. The minimum Gasteiger partial charge on any atom is -0.464 e. The third-order valence-corrected chi connectivity index (χ3v) is 2.75. The van der Waals surface area contributed by atoms with Crippen LogP contribution in [0.4, 0.5) is 4.39 Å². The monoisotopic (exact) mass is 268 g/mol. The Morgan fingerprint density at radius 2 is 1.89 bits per heavy atom. The Balaban J connectivity index is 2.71. The van der Waals surface area contributed by atoms with Crippen molar-refractivity contribution in [1.82, 2.24) is 0 Å². The van der Waals surface area contributed by atoms with Crippen molar-refractivity contribution in [1.29, 1.82) is 0 Å². The number of esters is 1.